The molecule has 0 radical (unpaired) electrons. The molecule has 0 aliphatic heterocycles. The first-order valence-electron chi connectivity index (χ1n) is 4.58. The van der Waals surface area contributed by atoms with Gasteiger partial charge in [0, 0.05) is 0 Å². The number of hydrogen-bond donors (Lipinski definition) is 2. The zero-order valence-corrected chi connectivity index (χ0v) is 8.70. The van der Waals surface area contributed by atoms with E-state index in [4.69, 9.17) is 11.6 Å². The summed E-state index contributed by atoms with van der Waals surface area (Å²) in [6.45, 7) is 8.23. The van der Waals surface area contributed by atoms with Gasteiger partial charge in [-0.05, 0) is 11.8 Å². The lowest BCUT2D eigenvalue weighted by molar-refractivity contribution is 0.689. The fourth-order valence-corrected chi connectivity index (χ4v) is 1.48. The summed E-state index contributed by atoms with van der Waals surface area (Å²) < 4.78 is 0. The minimum atomic E-state index is 0.310. The molecule has 0 aliphatic carbocycles. The van der Waals surface area contributed by atoms with Crippen molar-refractivity contribution in [3.8, 4) is 0 Å². The van der Waals surface area contributed by atoms with E-state index in [0.717, 1.165) is 17.1 Å². The lowest BCUT2D eigenvalue weighted by Crippen LogP contribution is -2.15. The number of nitrogen functional groups attached to an aromatic ring is 2. The fraction of sp³-hybridized carbons (Fsp3) is 0.667. The van der Waals surface area contributed by atoms with Gasteiger partial charge in [-0.2, -0.15) is 9.89 Å². The molecule has 1 heterocycles. The molecular formula is C9H18N4. The summed E-state index contributed by atoms with van der Waals surface area (Å²) in [5.74, 6) is 6.34. The summed E-state index contributed by atoms with van der Waals surface area (Å²) in [5.41, 5.74) is 8.50. The Morgan fingerprint density at radius 1 is 1.15 bits per heavy atom. The maximum Gasteiger partial charge on any atom is 0.0903 e. The van der Waals surface area contributed by atoms with Crippen LogP contribution in [0.2, 0.25) is 0 Å². The van der Waals surface area contributed by atoms with Crippen molar-refractivity contribution in [2.24, 2.45) is 0 Å². The predicted molar refractivity (Wildman–Crippen MR) is 55.0 cm³/mol. The van der Waals surface area contributed by atoms with Crippen LogP contribution < -0.4 is 11.6 Å². The first kappa shape index (κ1) is 9.89. The van der Waals surface area contributed by atoms with Gasteiger partial charge in [0.15, 0.2) is 0 Å². The number of hydrogen-bond acceptors (Lipinski definition) is 3. The first-order valence-corrected chi connectivity index (χ1v) is 4.58. The van der Waals surface area contributed by atoms with Crippen molar-refractivity contribution in [1.29, 1.82) is 0 Å². The van der Waals surface area contributed by atoms with E-state index in [-0.39, 0.29) is 0 Å². The SMILES string of the molecule is CC(C)c1nn(N)c(C(C)C)c1N. The Kier molecular flexibility index (Phi) is 2.50. The van der Waals surface area contributed by atoms with Gasteiger partial charge in [-0.1, -0.05) is 27.7 Å². The predicted octanol–water partition coefficient (Wildman–Crippen LogP) is 1.43. The van der Waals surface area contributed by atoms with E-state index < -0.39 is 0 Å². The third-order valence-corrected chi connectivity index (χ3v) is 2.11. The normalized spacial score (nSPS) is 11.5. The molecule has 0 saturated carbocycles. The average molecular weight is 182 g/mol. The number of aromatic nitrogens is 2. The van der Waals surface area contributed by atoms with Crippen LogP contribution >= 0.6 is 0 Å². The number of rotatable bonds is 2. The molecule has 0 aliphatic rings. The topological polar surface area (TPSA) is 69.9 Å². The monoisotopic (exact) mass is 182 g/mol. The molecule has 1 aromatic heterocycles. The molecule has 4 heteroatoms. The van der Waals surface area contributed by atoms with Crippen LogP contribution in [-0.4, -0.2) is 9.89 Å². The lowest BCUT2D eigenvalue weighted by atomic mass is 10.0. The van der Waals surface area contributed by atoms with Crippen molar-refractivity contribution in [3.63, 3.8) is 0 Å². The second-order valence-corrected chi connectivity index (χ2v) is 3.94. The maximum atomic E-state index is 5.94. The fourth-order valence-electron chi connectivity index (χ4n) is 1.48. The molecule has 0 atom stereocenters. The number of nitrogens with two attached hydrogens (primary N) is 2. The largest absolute Gasteiger partial charge is 0.396 e. The maximum absolute atomic E-state index is 5.94. The highest BCUT2D eigenvalue weighted by atomic mass is 15.5. The van der Waals surface area contributed by atoms with Crippen molar-refractivity contribution in [2.45, 2.75) is 39.5 Å². The standard InChI is InChI=1S/C9H18N4/c1-5(2)8-7(10)9(6(3)4)13(11)12-8/h5-6H,10-11H2,1-4H3. The van der Waals surface area contributed by atoms with Gasteiger partial charge < -0.3 is 11.6 Å². The number of nitrogens with zero attached hydrogens (tertiary/aromatic N) is 2. The van der Waals surface area contributed by atoms with E-state index in [1.54, 1.807) is 0 Å². The Balaban J connectivity index is 3.22. The van der Waals surface area contributed by atoms with Crippen LogP contribution in [0, 0.1) is 0 Å². The smallest absolute Gasteiger partial charge is 0.0903 e. The van der Waals surface area contributed by atoms with E-state index >= 15 is 0 Å². The van der Waals surface area contributed by atoms with E-state index in [1.165, 1.54) is 4.79 Å². The molecule has 4 N–H and O–H groups in total. The average Bonchev–Trinajstić information content (AvgIpc) is 2.26. The Bertz CT molecular complexity index is 299. The van der Waals surface area contributed by atoms with Crippen molar-refractivity contribution in [1.82, 2.24) is 9.89 Å². The Hall–Kier alpha value is -1.19. The molecule has 0 fully saturated rings. The third kappa shape index (κ3) is 1.61. The van der Waals surface area contributed by atoms with Crippen LogP contribution in [0.1, 0.15) is 50.9 Å². The van der Waals surface area contributed by atoms with Gasteiger partial charge in [0.05, 0.1) is 17.1 Å². The van der Waals surface area contributed by atoms with E-state index in [0.29, 0.717) is 11.8 Å². The minimum absolute atomic E-state index is 0.310. The van der Waals surface area contributed by atoms with Gasteiger partial charge in [0.2, 0.25) is 0 Å². The zero-order valence-electron chi connectivity index (χ0n) is 8.70. The molecule has 0 saturated heterocycles. The molecule has 1 aromatic rings. The second-order valence-electron chi connectivity index (χ2n) is 3.94. The van der Waals surface area contributed by atoms with E-state index in [9.17, 15) is 0 Å². The third-order valence-electron chi connectivity index (χ3n) is 2.11. The summed E-state index contributed by atoms with van der Waals surface area (Å²) in [5, 5.41) is 4.20. The zero-order chi connectivity index (χ0) is 10.2. The molecule has 0 amide bonds. The van der Waals surface area contributed by atoms with Crippen molar-refractivity contribution >= 4 is 5.69 Å². The van der Waals surface area contributed by atoms with Crippen LogP contribution in [0.5, 0.6) is 0 Å². The number of anilines is 1. The molecule has 0 spiro atoms. The van der Waals surface area contributed by atoms with Gasteiger partial charge in [-0.25, -0.2) is 0 Å². The van der Waals surface area contributed by atoms with Crippen LogP contribution in [-0.2, 0) is 0 Å². The molecule has 0 aromatic carbocycles. The van der Waals surface area contributed by atoms with Gasteiger partial charge in [-0.3, -0.25) is 0 Å². The molecule has 1 rings (SSSR count). The van der Waals surface area contributed by atoms with Gasteiger partial charge in [0.25, 0.3) is 0 Å². The molecule has 0 bridgehead atoms. The summed E-state index contributed by atoms with van der Waals surface area (Å²) in [7, 11) is 0. The van der Waals surface area contributed by atoms with Gasteiger partial charge >= 0.3 is 0 Å². The summed E-state index contributed by atoms with van der Waals surface area (Å²) in [6, 6.07) is 0. The minimum Gasteiger partial charge on any atom is -0.396 e. The Morgan fingerprint density at radius 3 is 1.92 bits per heavy atom. The highest BCUT2D eigenvalue weighted by Gasteiger charge is 2.18. The molecular weight excluding hydrogens is 164 g/mol. The van der Waals surface area contributed by atoms with E-state index in [2.05, 4.69) is 32.8 Å². The quantitative estimate of drug-likeness (QED) is 0.680. The Labute approximate surface area is 78.9 Å². The summed E-state index contributed by atoms with van der Waals surface area (Å²) >= 11 is 0. The van der Waals surface area contributed by atoms with Crippen LogP contribution in [0.3, 0.4) is 0 Å². The lowest BCUT2D eigenvalue weighted by Gasteiger charge is -2.06. The van der Waals surface area contributed by atoms with Crippen molar-refractivity contribution < 1.29 is 0 Å². The molecule has 0 unspecified atom stereocenters. The van der Waals surface area contributed by atoms with Crippen LogP contribution in [0.4, 0.5) is 5.69 Å². The molecule has 4 nitrogen and oxygen atoms in total. The van der Waals surface area contributed by atoms with E-state index in [1.807, 2.05) is 0 Å². The van der Waals surface area contributed by atoms with Gasteiger partial charge in [-0.15, -0.1) is 0 Å². The molecule has 13 heavy (non-hydrogen) atoms. The Morgan fingerprint density at radius 2 is 1.69 bits per heavy atom. The summed E-state index contributed by atoms with van der Waals surface area (Å²) in [4.78, 5) is 1.40. The van der Waals surface area contributed by atoms with Crippen LogP contribution in [0.25, 0.3) is 0 Å². The van der Waals surface area contributed by atoms with Crippen LogP contribution in [0.15, 0.2) is 0 Å². The van der Waals surface area contributed by atoms with Crippen molar-refractivity contribution in [3.05, 3.63) is 11.4 Å². The second kappa shape index (κ2) is 3.28. The highest BCUT2D eigenvalue weighted by Crippen LogP contribution is 2.27. The highest BCUT2D eigenvalue weighted by molar-refractivity contribution is 5.51. The molecule has 74 valence electrons. The first-order chi connectivity index (χ1) is 5.95. The summed E-state index contributed by atoms with van der Waals surface area (Å²) in [6.07, 6.45) is 0. The van der Waals surface area contributed by atoms with Crippen molar-refractivity contribution in [2.75, 3.05) is 11.6 Å². The van der Waals surface area contributed by atoms with Gasteiger partial charge in [0.1, 0.15) is 0 Å².